The van der Waals surface area contributed by atoms with E-state index in [1.165, 1.54) is 37.8 Å². The zero-order valence-corrected chi connectivity index (χ0v) is 14.1. The quantitative estimate of drug-likeness (QED) is 0.717. The van der Waals surface area contributed by atoms with Gasteiger partial charge in [0.1, 0.15) is 0 Å². The van der Waals surface area contributed by atoms with Crippen molar-refractivity contribution in [3.8, 4) is 0 Å². The summed E-state index contributed by atoms with van der Waals surface area (Å²) in [5.41, 5.74) is 1.32. The molecule has 0 aromatic heterocycles. The van der Waals surface area contributed by atoms with Crippen LogP contribution in [-0.2, 0) is 0 Å². The smallest absolute Gasteiger partial charge is 0.199 e. The van der Waals surface area contributed by atoms with Gasteiger partial charge in [0.05, 0.1) is 6.04 Å². The van der Waals surface area contributed by atoms with Gasteiger partial charge in [-0.25, -0.2) is 4.99 Å². The van der Waals surface area contributed by atoms with Gasteiger partial charge in [-0.05, 0) is 38.7 Å². The van der Waals surface area contributed by atoms with Gasteiger partial charge in [0, 0.05) is 18.3 Å². The van der Waals surface area contributed by atoms with E-state index in [0.29, 0.717) is 12.1 Å². The molecule has 1 atom stereocenters. The largest absolute Gasteiger partial charge is 0.340 e. The number of nitrogens with one attached hydrogen (secondary N) is 1. The third kappa shape index (κ3) is 4.84. The fourth-order valence-corrected chi connectivity index (χ4v) is 2.92. The molecule has 0 aliphatic carbocycles. The molecule has 20 heavy (non-hydrogen) atoms. The van der Waals surface area contributed by atoms with Crippen LogP contribution in [0.5, 0.6) is 0 Å². The highest BCUT2D eigenvalue weighted by molar-refractivity contribution is 5.83. The summed E-state index contributed by atoms with van der Waals surface area (Å²) in [6.45, 7) is 12.3. The molecule has 1 unspecified atom stereocenters. The van der Waals surface area contributed by atoms with Gasteiger partial charge in [-0.15, -0.1) is 0 Å². The second-order valence-corrected chi connectivity index (χ2v) is 5.79. The number of aliphatic imine (C=N–C) groups is 1. The van der Waals surface area contributed by atoms with Crippen LogP contribution in [-0.4, -0.2) is 29.5 Å². The molecular formula is C17H33N3. The molecule has 3 heteroatoms. The summed E-state index contributed by atoms with van der Waals surface area (Å²) >= 11 is 0. The monoisotopic (exact) mass is 279 g/mol. The standard InChI is InChI=1S/C17H33N3/c1-6-10-16(11-7-2)20(12-8-3)17-18-14(5)13-15(9-4)19-17/h13-14,16H,6-12H2,1-5H3,(H,18,19). The fourth-order valence-electron chi connectivity index (χ4n) is 2.92. The fraction of sp³-hybridized carbons (Fsp3) is 0.824. The Balaban J connectivity index is 2.88. The van der Waals surface area contributed by atoms with Crippen molar-refractivity contribution in [2.75, 3.05) is 6.54 Å². The van der Waals surface area contributed by atoms with Gasteiger partial charge in [0.25, 0.3) is 0 Å². The lowest BCUT2D eigenvalue weighted by molar-refractivity contribution is 0.268. The van der Waals surface area contributed by atoms with E-state index in [4.69, 9.17) is 4.99 Å². The van der Waals surface area contributed by atoms with Crippen LogP contribution in [0.4, 0.5) is 0 Å². The van der Waals surface area contributed by atoms with E-state index in [2.05, 4.69) is 50.9 Å². The van der Waals surface area contributed by atoms with E-state index >= 15 is 0 Å². The first-order valence-electron chi connectivity index (χ1n) is 8.48. The summed E-state index contributed by atoms with van der Waals surface area (Å²) in [6.07, 6.45) is 9.46. The van der Waals surface area contributed by atoms with Gasteiger partial charge >= 0.3 is 0 Å². The Labute approximate surface area is 125 Å². The molecule has 0 bridgehead atoms. The Hall–Kier alpha value is -0.990. The minimum atomic E-state index is 0.296. The average molecular weight is 279 g/mol. The molecule has 1 heterocycles. The van der Waals surface area contributed by atoms with Crippen LogP contribution in [0.1, 0.15) is 73.1 Å². The Morgan fingerprint density at radius 2 is 1.80 bits per heavy atom. The Morgan fingerprint density at radius 1 is 1.15 bits per heavy atom. The number of hydrogen-bond acceptors (Lipinski definition) is 3. The predicted molar refractivity (Wildman–Crippen MR) is 89.0 cm³/mol. The molecule has 3 nitrogen and oxygen atoms in total. The number of guanidine groups is 1. The number of rotatable bonds is 8. The van der Waals surface area contributed by atoms with Crippen molar-refractivity contribution in [2.24, 2.45) is 4.99 Å². The second kappa shape index (κ2) is 9.04. The third-order valence-corrected chi connectivity index (χ3v) is 3.84. The number of nitrogens with zero attached hydrogens (tertiary/aromatic N) is 2. The predicted octanol–water partition coefficient (Wildman–Crippen LogP) is 4.31. The molecule has 1 aliphatic rings. The molecule has 0 radical (unpaired) electrons. The highest BCUT2D eigenvalue weighted by Gasteiger charge is 2.23. The second-order valence-electron chi connectivity index (χ2n) is 5.79. The zero-order valence-electron chi connectivity index (χ0n) is 14.1. The van der Waals surface area contributed by atoms with E-state index in [1.54, 1.807) is 0 Å². The van der Waals surface area contributed by atoms with Crippen LogP contribution in [0.2, 0.25) is 0 Å². The van der Waals surface area contributed by atoms with E-state index < -0.39 is 0 Å². The van der Waals surface area contributed by atoms with Gasteiger partial charge in [-0.2, -0.15) is 0 Å². The summed E-state index contributed by atoms with van der Waals surface area (Å²) in [4.78, 5) is 7.36. The van der Waals surface area contributed by atoms with Gasteiger partial charge in [0.15, 0.2) is 5.96 Å². The summed E-state index contributed by atoms with van der Waals surface area (Å²) in [6, 6.07) is 0.920. The van der Waals surface area contributed by atoms with Crippen molar-refractivity contribution in [1.82, 2.24) is 10.2 Å². The molecule has 0 amide bonds. The highest BCUT2D eigenvalue weighted by Crippen LogP contribution is 2.17. The third-order valence-electron chi connectivity index (χ3n) is 3.84. The number of hydrogen-bond donors (Lipinski definition) is 1. The van der Waals surface area contributed by atoms with Crippen LogP contribution < -0.4 is 5.32 Å². The first-order valence-corrected chi connectivity index (χ1v) is 8.48. The molecule has 0 saturated heterocycles. The minimum absolute atomic E-state index is 0.296. The first-order chi connectivity index (χ1) is 9.65. The first kappa shape index (κ1) is 17.1. The van der Waals surface area contributed by atoms with Crippen molar-refractivity contribution in [3.63, 3.8) is 0 Å². The number of allylic oxidation sites excluding steroid dienone is 1. The maximum Gasteiger partial charge on any atom is 0.199 e. The molecule has 0 spiro atoms. The Morgan fingerprint density at radius 3 is 2.30 bits per heavy atom. The molecule has 0 saturated carbocycles. The molecule has 116 valence electrons. The van der Waals surface area contributed by atoms with Crippen molar-refractivity contribution in [3.05, 3.63) is 11.8 Å². The average Bonchev–Trinajstić information content (AvgIpc) is 2.44. The zero-order chi connectivity index (χ0) is 15.0. The van der Waals surface area contributed by atoms with Gasteiger partial charge in [-0.3, -0.25) is 0 Å². The highest BCUT2D eigenvalue weighted by atomic mass is 15.3. The molecular weight excluding hydrogens is 246 g/mol. The van der Waals surface area contributed by atoms with Crippen LogP contribution in [0.25, 0.3) is 0 Å². The minimum Gasteiger partial charge on any atom is -0.340 e. The topological polar surface area (TPSA) is 27.6 Å². The van der Waals surface area contributed by atoms with Gasteiger partial charge < -0.3 is 10.2 Å². The lowest BCUT2D eigenvalue weighted by atomic mass is 10.0. The van der Waals surface area contributed by atoms with Gasteiger partial charge in [-0.1, -0.05) is 40.5 Å². The summed E-state index contributed by atoms with van der Waals surface area (Å²) in [5, 5.41) is 3.55. The molecule has 0 fully saturated rings. The van der Waals surface area contributed by atoms with Crippen molar-refractivity contribution < 1.29 is 0 Å². The van der Waals surface area contributed by atoms with Crippen molar-refractivity contribution in [2.45, 2.75) is 85.2 Å². The normalized spacial score (nSPS) is 18.6. The maximum absolute atomic E-state index is 4.84. The van der Waals surface area contributed by atoms with Crippen LogP contribution in [0.3, 0.4) is 0 Å². The molecule has 1 aliphatic heterocycles. The molecule has 1 N–H and O–H groups in total. The summed E-state index contributed by atoms with van der Waals surface area (Å²) in [5.74, 6) is 1.10. The molecule has 0 aromatic rings. The van der Waals surface area contributed by atoms with E-state index in [1.807, 2.05) is 0 Å². The lowest BCUT2D eigenvalue weighted by Crippen LogP contribution is -2.49. The van der Waals surface area contributed by atoms with Crippen molar-refractivity contribution in [1.29, 1.82) is 0 Å². The summed E-state index contributed by atoms with van der Waals surface area (Å²) < 4.78 is 0. The maximum atomic E-state index is 4.84. The summed E-state index contributed by atoms with van der Waals surface area (Å²) in [7, 11) is 0. The van der Waals surface area contributed by atoms with E-state index in [-0.39, 0.29) is 0 Å². The van der Waals surface area contributed by atoms with Gasteiger partial charge in [0.2, 0.25) is 0 Å². The van der Waals surface area contributed by atoms with E-state index in [0.717, 1.165) is 18.9 Å². The molecule has 0 aromatic carbocycles. The van der Waals surface area contributed by atoms with Crippen molar-refractivity contribution >= 4 is 5.96 Å². The van der Waals surface area contributed by atoms with E-state index in [9.17, 15) is 0 Å². The lowest BCUT2D eigenvalue weighted by Gasteiger charge is -2.36. The SMILES string of the molecule is CCCC(CCC)N(CCC)C1=NC(C)C=C(CC)N1. The molecule has 1 rings (SSSR count). The van der Waals surface area contributed by atoms with Crippen LogP contribution in [0.15, 0.2) is 16.8 Å². The van der Waals surface area contributed by atoms with Crippen LogP contribution >= 0.6 is 0 Å². The Kier molecular flexibility index (Phi) is 7.71. The van der Waals surface area contributed by atoms with Crippen LogP contribution in [0, 0.1) is 0 Å². The Bertz CT molecular complexity index is 327.